The third-order valence-electron chi connectivity index (χ3n) is 13.2. The van der Waals surface area contributed by atoms with Crippen LogP contribution in [0.15, 0.2) is 152 Å². The minimum atomic E-state index is -1.42. The molecular formula is C82H119BrClMgN7O23. The van der Waals surface area contributed by atoms with E-state index in [1.807, 2.05) is 42.5 Å². The smallest absolute Gasteiger partial charge is 1.00 e. The molecule has 33 heteroatoms. The van der Waals surface area contributed by atoms with E-state index in [2.05, 4.69) is 32.7 Å². The van der Waals surface area contributed by atoms with E-state index in [9.17, 15) is 67.4 Å². The van der Waals surface area contributed by atoms with Gasteiger partial charge in [0.05, 0.1) is 19.8 Å². The third-order valence-corrected chi connectivity index (χ3v) is 13.2. The summed E-state index contributed by atoms with van der Waals surface area (Å²) in [6, 6.07) is 44.8. The SMILES string of the molecule is CC(=O)OCC(C)(N)C(=O)c1ccccc1.CC(=O)OCC(C)(NC(=O)OC(C)(C)C)C(=O)c1ccccc1.CC(C)(C)OC(=O)NC(C)(CO)C(=O)c1ccccc1.CC(NC(=O)OC(C)(C)C)C(=O)O.CC(NC(=O)OC(C)(C)C)C(=O)c1ccccc1.CON(C)C(=O)C(C)NC(=O)OC(C)(C)C.Cl.[Br-].[Mg+2].[c-]1ccccc1. The molecule has 6 atom stereocenters. The van der Waals surface area contributed by atoms with Crippen molar-refractivity contribution in [2.75, 3.05) is 34.0 Å². The van der Waals surface area contributed by atoms with Crippen LogP contribution in [0.4, 0.5) is 24.0 Å². The molecule has 0 bridgehead atoms. The van der Waals surface area contributed by atoms with Gasteiger partial charge < -0.3 is 92.7 Å². The number of nitrogens with two attached hydrogens (primary N) is 1. The third kappa shape index (κ3) is 54.0. The number of rotatable bonds is 21. The van der Waals surface area contributed by atoms with Crippen LogP contribution < -0.4 is 49.3 Å². The molecule has 6 unspecified atom stereocenters. The number of aliphatic carboxylic acids is 1. The number of ketones is 4. The van der Waals surface area contributed by atoms with Gasteiger partial charge in [-0.15, -0.1) is 12.4 Å². The molecule has 6 amide bonds. The normalized spacial score (nSPS) is 12.8. The molecule has 5 rings (SSSR count). The largest absolute Gasteiger partial charge is 2.00 e. The molecule has 0 radical (unpaired) electrons. The fourth-order valence-electron chi connectivity index (χ4n) is 7.88. The molecule has 0 aliphatic rings. The Balaban J connectivity index is -0.000000415. The predicted molar refractivity (Wildman–Crippen MR) is 434 cm³/mol. The number of hydrogen-bond donors (Lipinski definition) is 8. The second kappa shape index (κ2) is 54.3. The van der Waals surface area contributed by atoms with Crippen LogP contribution in [0, 0.1) is 6.07 Å². The number of ether oxygens (including phenoxy) is 7. The number of carbonyl (C=O) groups is 13. The molecular weight excluding hydrogens is 1590 g/mol. The summed E-state index contributed by atoms with van der Waals surface area (Å²) in [6.07, 6.45) is -3.42. The van der Waals surface area contributed by atoms with Crippen molar-refractivity contribution in [2.24, 2.45) is 5.73 Å². The van der Waals surface area contributed by atoms with Gasteiger partial charge in [-0.25, -0.2) is 29.0 Å². The maximum atomic E-state index is 12.7. The van der Waals surface area contributed by atoms with Crippen molar-refractivity contribution in [3.8, 4) is 0 Å². The van der Waals surface area contributed by atoms with Crippen molar-refractivity contribution in [3.63, 3.8) is 0 Å². The van der Waals surface area contributed by atoms with Crippen LogP contribution >= 0.6 is 12.4 Å². The molecule has 5 aromatic carbocycles. The summed E-state index contributed by atoms with van der Waals surface area (Å²) < 4.78 is 35.0. The molecule has 0 aromatic heterocycles. The summed E-state index contributed by atoms with van der Waals surface area (Å²) in [6.45, 7) is 36.7. The molecule has 0 saturated heterocycles. The maximum Gasteiger partial charge on any atom is 2.00 e. The standard InChI is InChI=1S/C17H23NO5.C15H21NO4.C14H19NO3.C12H15NO3.C10H20N2O4.C8H15NO4.C6H5.BrH.ClH.Mg/c1-12(19)22-11-17(5,18-15(21)23-16(2,3)4)14(20)13-9-7-6-8-10-13;1-14(2,3)20-13(19)16-15(4,10-17)12(18)11-8-6-5-7-9-11;1-10(15-13(17)18-14(2,3)4)12(16)11-8-6-5-7-9-11;1-9(14)16-8-12(2,13)11(15)10-6-4-3-5-7-10;1-7(8(13)12(5)15-6)11-9(14)16-10(2,3)4;1-5(6(10)11)9-7(12)13-8(2,3)4;1-2-4-6-5-3-1;;;/h6-10H,11H2,1-5H3,(H,18,21);5-9,17H,10H2,1-4H3,(H,16,19);5-10H,1-4H3,(H,15,17);3-7H,8,13H2,1-2H3;7H,1-6H3,(H,11,14);5H,1-4H3,(H,9,12)(H,10,11);1-5H;2*1H;/q;;;;;;-1;;;+2/p-1. The number of aliphatic hydroxyl groups excluding tert-OH is 1. The van der Waals surface area contributed by atoms with Gasteiger partial charge in [0.2, 0.25) is 0 Å². The van der Waals surface area contributed by atoms with Gasteiger partial charge in [-0.1, -0.05) is 121 Å². The Kier molecular flexibility index (Phi) is 53.8. The Hall–Kier alpha value is -9.57. The average molecular weight is 1710 g/mol. The van der Waals surface area contributed by atoms with Crippen molar-refractivity contribution in [2.45, 2.75) is 222 Å². The molecule has 5 aromatic rings. The number of hydrogen-bond acceptors (Lipinski definition) is 23. The Labute approximate surface area is 709 Å². The van der Waals surface area contributed by atoms with Crippen LogP contribution in [0.2, 0.25) is 0 Å². The van der Waals surface area contributed by atoms with Crippen molar-refractivity contribution in [1.29, 1.82) is 0 Å². The zero-order valence-electron chi connectivity index (χ0n) is 70.8. The van der Waals surface area contributed by atoms with Gasteiger partial charge in [0.15, 0.2) is 23.1 Å². The van der Waals surface area contributed by atoms with Crippen molar-refractivity contribution in [3.05, 3.63) is 180 Å². The Morgan fingerprint density at radius 1 is 0.426 bits per heavy atom. The van der Waals surface area contributed by atoms with Gasteiger partial charge >= 0.3 is 71.4 Å². The molecule has 0 saturated carbocycles. The first-order valence-electron chi connectivity index (χ1n) is 35.3. The van der Waals surface area contributed by atoms with Gasteiger partial charge in [0.1, 0.15) is 69.9 Å². The number of nitrogens with one attached hydrogen (secondary N) is 5. The number of esters is 2. The van der Waals surface area contributed by atoms with E-state index in [0.29, 0.717) is 22.3 Å². The van der Waals surface area contributed by atoms with Gasteiger partial charge in [-0.3, -0.25) is 43.2 Å². The Bertz CT molecular complexity index is 3760. The fraction of sp³-hybridized carbons (Fsp3) is 0.476. The quantitative estimate of drug-likeness (QED) is 0.00846. The molecule has 0 aliphatic heterocycles. The summed E-state index contributed by atoms with van der Waals surface area (Å²) in [5, 5.41) is 31.0. The molecule has 115 heavy (non-hydrogen) atoms. The predicted octanol–water partition coefficient (Wildman–Crippen LogP) is 9.23. The Morgan fingerprint density at radius 3 is 0.991 bits per heavy atom. The first-order chi connectivity index (χ1) is 51.3. The summed E-state index contributed by atoms with van der Waals surface area (Å²) in [5.74, 6) is -3.55. The maximum absolute atomic E-state index is 12.7. The second-order valence-electron chi connectivity index (χ2n) is 30.4. The number of hydroxylamine groups is 2. The van der Waals surface area contributed by atoms with Gasteiger partial charge in [-0.2, -0.15) is 36.4 Å². The van der Waals surface area contributed by atoms with E-state index in [4.69, 9.17) is 48.8 Å². The zero-order valence-corrected chi connectivity index (χ0v) is 74.6. The van der Waals surface area contributed by atoms with Crippen LogP contribution in [-0.2, 0) is 57.2 Å². The van der Waals surface area contributed by atoms with E-state index >= 15 is 0 Å². The van der Waals surface area contributed by atoms with E-state index < -0.39 is 118 Å². The van der Waals surface area contributed by atoms with Crippen LogP contribution in [0.25, 0.3) is 0 Å². The van der Waals surface area contributed by atoms with E-state index in [1.54, 1.807) is 234 Å². The summed E-state index contributed by atoms with van der Waals surface area (Å²) in [4.78, 5) is 155. The number of likely N-dealkylation sites (N-methyl/N-ethyl adjacent to an activating group) is 1. The minimum absolute atomic E-state index is 0. The van der Waals surface area contributed by atoms with Crippen molar-refractivity contribution < 1.29 is 128 Å². The minimum Gasteiger partial charge on any atom is -1.00 e. The molecule has 30 nitrogen and oxygen atoms in total. The first-order valence-corrected chi connectivity index (χ1v) is 35.3. The van der Waals surface area contributed by atoms with E-state index in [-0.39, 0.29) is 94.7 Å². The summed E-state index contributed by atoms with van der Waals surface area (Å²) in [5.41, 5.74) is 0.555. The van der Waals surface area contributed by atoms with Gasteiger partial charge in [0.25, 0.3) is 5.91 Å². The molecule has 0 spiro atoms. The van der Waals surface area contributed by atoms with Crippen LogP contribution in [-0.4, -0.2) is 212 Å². The average Bonchev–Trinajstić information content (AvgIpc) is 0.825. The number of carboxylic acid groups (broad SMARTS) is 1. The molecule has 0 fully saturated rings. The first kappa shape index (κ1) is 114. The second-order valence-corrected chi connectivity index (χ2v) is 30.4. The molecule has 9 N–H and O–H groups in total. The number of nitrogens with zero attached hydrogens (tertiary/aromatic N) is 1. The number of alkyl carbamates (subject to hydrolysis) is 5. The van der Waals surface area contributed by atoms with Crippen LogP contribution in [0.3, 0.4) is 0 Å². The number of amides is 6. The van der Waals surface area contributed by atoms with Crippen LogP contribution in [0.5, 0.6) is 0 Å². The fourth-order valence-corrected chi connectivity index (χ4v) is 7.88. The number of halogens is 2. The van der Waals surface area contributed by atoms with E-state index in [1.165, 1.54) is 48.8 Å². The van der Waals surface area contributed by atoms with Crippen molar-refractivity contribution >= 4 is 113 Å². The molecule has 636 valence electrons. The number of carboxylic acids is 1. The number of carbonyl (C=O) groups excluding carboxylic acids is 12. The van der Waals surface area contributed by atoms with Gasteiger partial charge in [0, 0.05) is 43.1 Å². The van der Waals surface area contributed by atoms with Crippen molar-refractivity contribution in [1.82, 2.24) is 31.6 Å². The monoisotopic (exact) mass is 1710 g/mol. The summed E-state index contributed by atoms with van der Waals surface area (Å²) in [7, 11) is 2.84. The topological polar surface area (TPSA) is 426 Å². The molecule has 0 aliphatic carbocycles. The Morgan fingerprint density at radius 2 is 0.704 bits per heavy atom. The zero-order chi connectivity index (χ0) is 86.8. The summed E-state index contributed by atoms with van der Waals surface area (Å²) >= 11 is 0. The van der Waals surface area contributed by atoms with E-state index in [0.717, 1.165) is 5.06 Å². The number of aliphatic hydroxyl groups is 1. The van der Waals surface area contributed by atoms with Crippen LogP contribution in [0.1, 0.15) is 201 Å². The molecule has 0 heterocycles. The van der Waals surface area contributed by atoms with Gasteiger partial charge in [-0.05, 0) is 145 Å². The number of Topliss-reactive ketones (excluding diaryl/α,β-unsaturated/α-hetero) is 4. The number of benzene rings is 5.